The number of hydrogen-bond donors (Lipinski definition) is 1. The fourth-order valence-electron chi connectivity index (χ4n) is 1.63. The van der Waals surface area contributed by atoms with E-state index in [0.29, 0.717) is 0 Å². The largest absolute Gasteiger partial charge is 0.293 e. The molecule has 1 aromatic heterocycles. The Balaban J connectivity index is 2.35. The molecule has 1 aliphatic heterocycles. The molecule has 2 N–H and O–H groups in total. The molecule has 18 heavy (non-hydrogen) atoms. The van der Waals surface area contributed by atoms with Gasteiger partial charge in [-0.15, -0.1) is 0 Å². The number of hydrogen-bond acceptors (Lipinski definition) is 5. The molecule has 0 bridgehead atoms. The van der Waals surface area contributed by atoms with Crippen molar-refractivity contribution in [3.8, 4) is 0 Å². The SMILES string of the molecule is NS(=O)(=O)C1CC(=O)N(c2nc(Cl)ncc2F)C1. The van der Waals surface area contributed by atoms with E-state index in [4.69, 9.17) is 16.7 Å². The highest BCUT2D eigenvalue weighted by Crippen LogP contribution is 2.25. The Morgan fingerprint density at radius 1 is 1.56 bits per heavy atom. The standard InChI is InChI=1S/C8H8ClFN4O3S/c9-8-12-2-5(10)7(13-8)14-3-4(1-6(14)15)18(11,16)17/h2,4H,1,3H2,(H2,11,16,17). The van der Waals surface area contributed by atoms with Gasteiger partial charge in [0.05, 0.1) is 6.20 Å². The van der Waals surface area contributed by atoms with Crippen LogP contribution in [0.1, 0.15) is 6.42 Å². The van der Waals surface area contributed by atoms with Crippen molar-refractivity contribution in [2.75, 3.05) is 11.4 Å². The molecule has 0 saturated carbocycles. The number of sulfonamides is 1. The minimum absolute atomic E-state index is 0.238. The Kier molecular flexibility index (Phi) is 3.21. The summed E-state index contributed by atoms with van der Waals surface area (Å²) in [6, 6.07) is 0. The van der Waals surface area contributed by atoms with Gasteiger partial charge in [-0.1, -0.05) is 0 Å². The van der Waals surface area contributed by atoms with Crippen LogP contribution in [0.2, 0.25) is 5.28 Å². The average Bonchev–Trinajstić information content (AvgIpc) is 2.64. The van der Waals surface area contributed by atoms with Crippen LogP contribution in [0.4, 0.5) is 10.2 Å². The molecule has 1 aliphatic rings. The van der Waals surface area contributed by atoms with Gasteiger partial charge in [0, 0.05) is 13.0 Å². The van der Waals surface area contributed by atoms with Gasteiger partial charge in [0.2, 0.25) is 21.2 Å². The average molecular weight is 295 g/mol. The summed E-state index contributed by atoms with van der Waals surface area (Å²) in [5.74, 6) is -1.78. The highest BCUT2D eigenvalue weighted by atomic mass is 35.5. The Bertz CT molecular complexity index is 608. The van der Waals surface area contributed by atoms with Crippen LogP contribution < -0.4 is 10.0 Å². The lowest BCUT2D eigenvalue weighted by Gasteiger charge is -2.15. The highest BCUT2D eigenvalue weighted by molar-refractivity contribution is 7.89. The van der Waals surface area contributed by atoms with Crippen LogP contribution in [0.3, 0.4) is 0 Å². The summed E-state index contributed by atoms with van der Waals surface area (Å²) >= 11 is 5.50. The molecule has 1 aromatic rings. The van der Waals surface area contributed by atoms with E-state index in [2.05, 4.69) is 9.97 Å². The van der Waals surface area contributed by atoms with E-state index in [1.54, 1.807) is 0 Å². The summed E-state index contributed by atoms with van der Waals surface area (Å²) in [7, 11) is -3.86. The van der Waals surface area contributed by atoms with E-state index in [-0.39, 0.29) is 24.1 Å². The summed E-state index contributed by atoms with van der Waals surface area (Å²) in [5.41, 5.74) is 0. The zero-order valence-corrected chi connectivity index (χ0v) is 10.4. The van der Waals surface area contributed by atoms with E-state index in [9.17, 15) is 17.6 Å². The third-order valence-corrected chi connectivity index (χ3v) is 3.93. The quantitative estimate of drug-likeness (QED) is 0.751. The van der Waals surface area contributed by atoms with E-state index >= 15 is 0 Å². The van der Waals surface area contributed by atoms with Gasteiger partial charge in [0.1, 0.15) is 5.25 Å². The molecule has 1 atom stereocenters. The number of anilines is 1. The number of amides is 1. The molecule has 2 rings (SSSR count). The van der Waals surface area contributed by atoms with Gasteiger partial charge in [-0.25, -0.2) is 22.9 Å². The number of nitrogens with two attached hydrogens (primary N) is 1. The summed E-state index contributed by atoms with van der Waals surface area (Å²) in [6.07, 6.45) is 0.502. The molecule has 1 saturated heterocycles. The molecule has 1 amide bonds. The number of primary sulfonamides is 1. The lowest BCUT2D eigenvalue weighted by Crippen LogP contribution is -2.32. The molecular formula is C8H8ClFN4O3S. The summed E-state index contributed by atoms with van der Waals surface area (Å²) in [4.78, 5) is 19.5. The lowest BCUT2D eigenvalue weighted by molar-refractivity contribution is -0.117. The molecule has 1 fully saturated rings. The number of aromatic nitrogens is 2. The van der Waals surface area contributed by atoms with Crippen LogP contribution in [-0.4, -0.2) is 36.1 Å². The van der Waals surface area contributed by atoms with E-state index < -0.39 is 27.0 Å². The van der Waals surface area contributed by atoms with Crippen LogP contribution in [0.5, 0.6) is 0 Å². The Hall–Kier alpha value is -1.32. The van der Waals surface area contributed by atoms with E-state index in [0.717, 1.165) is 11.1 Å². The van der Waals surface area contributed by atoms with Gasteiger partial charge in [-0.2, -0.15) is 4.98 Å². The van der Waals surface area contributed by atoms with Gasteiger partial charge in [0.25, 0.3) is 0 Å². The molecule has 98 valence electrons. The maximum absolute atomic E-state index is 13.5. The second kappa shape index (κ2) is 4.41. The van der Waals surface area contributed by atoms with Crippen molar-refractivity contribution in [1.82, 2.24) is 9.97 Å². The summed E-state index contributed by atoms with van der Waals surface area (Å²) in [6.45, 7) is -0.248. The molecule has 0 radical (unpaired) electrons. The Morgan fingerprint density at radius 3 is 2.78 bits per heavy atom. The van der Waals surface area contributed by atoms with Crippen molar-refractivity contribution < 1.29 is 17.6 Å². The summed E-state index contributed by atoms with van der Waals surface area (Å²) in [5, 5.41) is 3.64. The van der Waals surface area contributed by atoms with Gasteiger partial charge in [0.15, 0.2) is 11.6 Å². The minimum Gasteiger partial charge on any atom is -0.293 e. The Labute approximate surface area is 107 Å². The van der Waals surface area contributed by atoms with Crippen LogP contribution >= 0.6 is 11.6 Å². The molecule has 0 spiro atoms. The van der Waals surface area contributed by atoms with Crippen molar-refractivity contribution in [1.29, 1.82) is 0 Å². The maximum atomic E-state index is 13.5. The van der Waals surface area contributed by atoms with Gasteiger partial charge in [-0.3, -0.25) is 9.69 Å². The molecule has 10 heteroatoms. The molecule has 0 aliphatic carbocycles. The molecule has 7 nitrogen and oxygen atoms in total. The fourth-order valence-corrected chi connectivity index (χ4v) is 2.49. The number of nitrogens with zero attached hydrogens (tertiary/aromatic N) is 3. The summed E-state index contributed by atoms with van der Waals surface area (Å²) < 4.78 is 35.8. The first-order valence-electron chi connectivity index (χ1n) is 4.79. The molecule has 1 unspecified atom stereocenters. The molecule has 0 aromatic carbocycles. The number of halogens is 2. The number of rotatable bonds is 2. The minimum atomic E-state index is -3.86. The molecular weight excluding hydrogens is 287 g/mol. The highest BCUT2D eigenvalue weighted by Gasteiger charge is 2.38. The predicted molar refractivity (Wildman–Crippen MR) is 60.9 cm³/mol. The normalized spacial score (nSPS) is 20.5. The first kappa shape index (κ1) is 13.1. The van der Waals surface area contributed by atoms with Gasteiger partial charge >= 0.3 is 0 Å². The van der Waals surface area contributed by atoms with Crippen LogP contribution in [0, 0.1) is 5.82 Å². The van der Waals surface area contributed by atoms with Crippen LogP contribution in [-0.2, 0) is 14.8 Å². The predicted octanol–water partition coefficient (Wildman–Crippen LogP) is -0.337. The zero-order chi connectivity index (χ0) is 13.5. The van der Waals surface area contributed by atoms with Crippen molar-refractivity contribution in [2.24, 2.45) is 5.14 Å². The number of carbonyl (C=O) groups excluding carboxylic acids is 1. The van der Waals surface area contributed by atoms with Crippen LogP contribution in [0.25, 0.3) is 0 Å². The van der Waals surface area contributed by atoms with Crippen molar-refractivity contribution in [3.05, 3.63) is 17.3 Å². The van der Waals surface area contributed by atoms with E-state index in [1.165, 1.54) is 0 Å². The smallest absolute Gasteiger partial charge is 0.229 e. The van der Waals surface area contributed by atoms with Crippen molar-refractivity contribution in [3.63, 3.8) is 0 Å². The van der Waals surface area contributed by atoms with Gasteiger partial charge in [-0.05, 0) is 11.6 Å². The monoisotopic (exact) mass is 294 g/mol. The van der Waals surface area contributed by atoms with Crippen LogP contribution in [0.15, 0.2) is 6.20 Å². The van der Waals surface area contributed by atoms with Crippen molar-refractivity contribution >= 4 is 33.3 Å². The second-order valence-corrected chi connectivity index (χ2v) is 5.91. The topological polar surface area (TPSA) is 106 Å². The first-order valence-corrected chi connectivity index (χ1v) is 6.78. The number of carbonyl (C=O) groups is 1. The third-order valence-electron chi connectivity index (χ3n) is 2.51. The zero-order valence-electron chi connectivity index (χ0n) is 8.88. The van der Waals surface area contributed by atoms with Gasteiger partial charge < -0.3 is 0 Å². The third kappa shape index (κ3) is 2.42. The Morgan fingerprint density at radius 2 is 2.22 bits per heavy atom. The lowest BCUT2D eigenvalue weighted by atomic mass is 10.4. The fraction of sp³-hybridized carbons (Fsp3) is 0.375. The first-order chi connectivity index (χ1) is 8.29. The van der Waals surface area contributed by atoms with Crippen molar-refractivity contribution in [2.45, 2.75) is 11.7 Å². The second-order valence-electron chi connectivity index (χ2n) is 3.73. The molecule has 2 heterocycles. The van der Waals surface area contributed by atoms with E-state index in [1.807, 2.05) is 0 Å². The maximum Gasteiger partial charge on any atom is 0.229 e.